The van der Waals surface area contributed by atoms with Crippen LogP contribution in [-0.4, -0.2) is 35.5 Å². The van der Waals surface area contributed by atoms with Crippen LogP contribution in [0.2, 0.25) is 0 Å². The van der Waals surface area contributed by atoms with Crippen LogP contribution in [0.25, 0.3) is 0 Å². The number of nitrogens with one attached hydrogen (secondary N) is 2. The molecular formula is C19H26N2O5. The van der Waals surface area contributed by atoms with Crippen LogP contribution >= 0.6 is 0 Å². The highest BCUT2D eigenvalue weighted by Crippen LogP contribution is 2.26. The molecule has 2 amide bonds. The highest BCUT2D eigenvalue weighted by Gasteiger charge is 2.20. The number of amides is 2. The molecule has 1 aromatic rings. The first-order valence-electron chi connectivity index (χ1n) is 8.99. The lowest BCUT2D eigenvalue weighted by molar-refractivity contribution is -0.139. The van der Waals surface area contributed by atoms with Gasteiger partial charge in [0.25, 0.3) is 0 Å². The van der Waals surface area contributed by atoms with Crippen molar-refractivity contribution in [3.8, 4) is 5.75 Å². The summed E-state index contributed by atoms with van der Waals surface area (Å²) in [7, 11) is 0. The van der Waals surface area contributed by atoms with Gasteiger partial charge in [0, 0.05) is 18.2 Å². The topological polar surface area (TPSA) is 105 Å². The fourth-order valence-corrected chi connectivity index (χ4v) is 3.08. The standard InChI is InChI=1S/C19H26N2O5/c1-13(20-17(22)10-14-6-3-2-4-7-14)19(25)21-15-8-5-9-16(11-15)26-12-18(23)24/h5,8-9,11,13-14H,2-4,6-7,10,12H2,1H3,(H,20,22)(H,21,25)(H,23,24). The maximum absolute atomic E-state index is 12.3. The second-order valence-corrected chi connectivity index (χ2v) is 6.70. The van der Waals surface area contributed by atoms with E-state index in [0.717, 1.165) is 12.8 Å². The zero-order chi connectivity index (χ0) is 18.9. The molecule has 7 nitrogen and oxygen atoms in total. The molecule has 0 aliphatic heterocycles. The Hall–Kier alpha value is -2.57. The molecule has 142 valence electrons. The normalized spacial score (nSPS) is 15.7. The van der Waals surface area contributed by atoms with Gasteiger partial charge in [0.15, 0.2) is 6.61 Å². The third kappa shape index (κ3) is 6.74. The second-order valence-electron chi connectivity index (χ2n) is 6.70. The molecule has 1 aliphatic carbocycles. The van der Waals surface area contributed by atoms with Crippen molar-refractivity contribution in [3.05, 3.63) is 24.3 Å². The van der Waals surface area contributed by atoms with Crippen molar-refractivity contribution >= 4 is 23.5 Å². The summed E-state index contributed by atoms with van der Waals surface area (Å²) in [6, 6.07) is 5.81. The van der Waals surface area contributed by atoms with Crippen molar-refractivity contribution in [2.24, 2.45) is 5.92 Å². The van der Waals surface area contributed by atoms with Gasteiger partial charge >= 0.3 is 5.97 Å². The van der Waals surface area contributed by atoms with E-state index in [2.05, 4.69) is 10.6 Å². The number of carbonyl (C=O) groups excluding carboxylic acids is 2. The summed E-state index contributed by atoms with van der Waals surface area (Å²) in [5.74, 6) is -0.745. The van der Waals surface area contributed by atoms with Gasteiger partial charge in [-0.15, -0.1) is 0 Å². The Bertz CT molecular complexity index is 641. The molecule has 2 rings (SSSR count). The number of benzene rings is 1. The van der Waals surface area contributed by atoms with Gasteiger partial charge in [-0.2, -0.15) is 0 Å². The molecule has 1 fully saturated rings. The van der Waals surface area contributed by atoms with Crippen LogP contribution in [0.3, 0.4) is 0 Å². The number of rotatable bonds is 8. The lowest BCUT2D eigenvalue weighted by atomic mass is 9.87. The molecular weight excluding hydrogens is 336 g/mol. The molecule has 1 atom stereocenters. The first-order chi connectivity index (χ1) is 12.4. The van der Waals surface area contributed by atoms with Crippen LogP contribution in [0.1, 0.15) is 45.4 Å². The van der Waals surface area contributed by atoms with Crippen LogP contribution in [-0.2, 0) is 14.4 Å². The summed E-state index contributed by atoms with van der Waals surface area (Å²) in [6.45, 7) is 1.18. The first kappa shape index (κ1) is 19.8. The third-order valence-electron chi connectivity index (χ3n) is 4.43. The molecule has 1 aliphatic rings. The Morgan fingerprint density at radius 3 is 2.65 bits per heavy atom. The van der Waals surface area contributed by atoms with Crippen LogP contribution in [0.4, 0.5) is 5.69 Å². The van der Waals surface area contributed by atoms with Gasteiger partial charge in [-0.3, -0.25) is 9.59 Å². The minimum absolute atomic E-state index is 0.0990. The van der Waals surface area contributed by atoms with E-state index in [-0.39, 0.29) is 11.8 Å². The van der Waals surface area contributed by atoms with Gasteiger partial charge < -0.3 is 20.5 Å². The molecule has 7 heteroatoms. The molecule has 0 saturated heterocycles. The zero-order valence-corrected chi connectivity index (χ0v) is 15.0. The molecule has 0 heterocycles. The highest BCUT2D eigenvalue weighted by molar-refractivity contribution is 5.97. The summed E-state index contributed by atoms with van der Waals surface area (Å²) in [6.07, 6.45) is 6.22. The van der Waals surface area contributed by atoms with E-state index in [4.69, 9.17) is 9.84 Å². The van der Waals surface area contributed by atoms with E-state index in [0.29, 0.717) is 23.8 Å². The number of carbonyl (C=O) groups is 3. The summed E-state index contributed by atoms with van der Waals surface area (Å²) in [5.41, 5.74) is 0.478. The predicted octanol–water partition coefficient (Wildman–Crippen LogP) is 2.56. The Morgan fingerprint density at radius 1 is 1.23 bits per heavy atom. The molecule has 26 heavy (non-hydrogen) atoms. The summed E-state index contributed by atoms with van der Waals surface area (Å²) in [4.78, 5) is 34.9. The third-order valence-corrected chi connectivity index (χ3v) is 4.43. The lowest BCUT2D eigenvalue weighted by Crippen LogP contribution is -2.42. The van der Waals surface area contributed by atoms with Gasteiger partial charge in [0.1, 0.15) is 11.8 Å². The Labute approximate surface area is 153 Å². The molecule has 0 radical (unpaired) electrons. The molecule has 0 bridgehead atoms. The number of carboxylic acids is 1. The monoisotopic (exact) mass is 362 g/mol. The maximum atomic E-state index is 12.3. The van der Waals surface area contributed by atoms with Gasteiger partial charge in [-0.05, 0) is 37.8 Å². The minimum Gasteiger partial charge on any atom is -0.482 e. The fourth-order valence-electron chi connectivity index (χ4n) is 3.08. The minimum atomic E-state index is -1.08. The van der Waals surface area contributed by atoms with Crippen LogP contribution in [0, 0.1) is 5.92 Å². The largest absolute Gasteiger partial charge is 0.482 e. The molecule has 1 aromatic carbocycles. The summed E-state index contributed by atoms with van der Waals surface area (Å²) in [5, 5.41) is 14.1. The quantitative estimate of drug-likeness (QED) is 0.659. The average Bonchev–Trinajstić information content (AvgIpc) is 2.61. The van der Waals surface area contributed by atoms with E-state index in [9.17, 15) is 14.4 Å². The number of carboxylic acid groups (broad SMARTS) is 1. The van der Waals surface area contributed by atoms with Gasteiger partial charge in [-0.25, -0.2) is 4.79 Å². The van der Waals surface area contributed by atoms with Crippen molar-refractivity contribution in [1.29, 1.82) is 0 Å². The van der Waals surface area contributed by atoms with E-state index in [1.54, 1.807) is 25.1 Å². The summed E-state index contributed by atoms with van der Waals surface area (Å²) >= 11 is 0. The van der Waals surface area contributed by atoms with E-state index in [1.165, 1.54) is 25.3 Å². The molecule has 1 unspecified atom stereocenters. The van der Waals surface area contributed by atoms with E-state index >= 15 is 0 Å². The molecule has 3 N–H and O–H groups in total. The van der Waals surface area contributed by atoms with Crippen LogP contribution < -0.4 is 15.4 Å². The van der Waals surface area contributed by atoms with Crippen molar-refractivity contribution in [3.63, 3.8) is 0 Å². The van der Waals surface area contributed by atoms with E-state index in [1.807, 2.05) is 0 Å². The number of hydrogen-bond donors (Lipinski definition) is 3. The van der Waals surface area contributed by atoms with E-state index < -0.39 is 18.6 Å². The highest BCUT2D eigenvalue weighted by atomic mass is 16.5. The summed E-state index contributed by atoms with van der Waals surface area (Å²) < 4.78 is 5.08. The van der Waals surface area contributed by atoms with Gasteiger partial charge in [-0.1, -0.05) is 25.3 Å². The first-order valence-corrected chi connectivity index (χ1v) is 8.99. The average molecular weight is 362 g/mol. The van der Waals surface area contributed by atoms with Crippen molar-refractivity contribution in [1.82, 2.24) is 5.32 Å². The van der Waals surface area contributed by atoms with Gasteiger partial charge in [0.2, 0.25) is 11.8 Å². The lowest BCUT2D eigenvalue weighted by Gasteiger charge is -2.22. The zero-order valence-electron chi connectivity index (χ0n) is 15.0. The Morgan fingerprint density at radius 2 is 1.96 bits per heavy atom. The Balaban J connectivity index is 1.81. The van der Waals surface area contributed by atoms with Gasteiger partial charge in [0.05, 0.1) is 0 Å². The predicted molar refractivity (Wildman–Crippen MR) is 97.0 cm³/mol. The number of anilines is 1. The van der Waals surface area contributed by atoms with Crippen molar-refractivity contribution in [2.75, 3.05) is 11.9 Å². The Kier molecular flexibility index (Phi) is 7.44. The maximum Gasteiger partial charge on any atom is 0.341 e. The fraction of sp³-hybridized carbons (Fsp3) is 0.526. The van der Waals surface area contributed by atoms with Crippen LogP contribution in [0.15, 0.2) is 24.3 Å². The molecule has 1 saturated carbocycles. The smallest absolute Gasteiger partial charge is 0.341 e. The van der Waals surface area contributed by atoms with Crippen molar-refractivity contribution in [2.45, 2.75) is 51.5 Å². The molecule has 0 spiro atoms. The van der Waals surface area contributed by atoms with Crippen LogP contribution in [0.5, 0.6) is 5.75 Å². The molecule has 0 aromatic heterocycles. The number of ether oxygens (including phenoxy) is 1. The number of aliphatic carboxylic acids is 1. The number of hydrogen-bond acceptors (Lipinski definition) is 4. The van der Waals surface area contributed by atoms with Crippen molar-refractivity contribution < 1.29 is 24.2 Å². The second kappa shape index (κ2) is 9.79. The SMILES string of the molecule is CC(NC(=O)CC1CCCCC1)C(=O)Nc1cccc(OCC(=O)O)c1.